The van der Waals surface area contributed by atoms with Gasteiger partial charge in [-0.3, -0.25) is 4.79 Å². The van der Waals surface area contributed by atoms with Gasteiger partial charge in [0.25, 0.3) is 0 Å². The number of nitrogens with one attached hydrogen (secondary N) is 1. The first-order valence-corrected chi connectivity index (χ1v) is 9.04. The molecule has 1 N–H and O–H groups in total. The Balaban J connectivity index is 1.54. The maximum absolute atomic E-state index is 13.1. The lowest BCUT2D eigenvalue weighted by atomic mass is 9.86. The number of aromatic amines is 1. The number of rotatable bonds is 3. The fourth-order valence-corrected chi connectivity index (χ4v) is 4.26. The largest absolute Gasteiger partial charge is 0.381 e. The highest BCUT2D eigenvalue weighted by atomic mass is 16.5. The van der Waals surface area contributed by atoms with Gasteiger partial charge in [0.2, 0.25) is 5.91 Å². The van der Waals surface area contributed by atoms with Crippen molar-refractivity contribution in [1.29, 1.82) is 0 Å². The Morgan fingerprint density at radius 3 is 2.96 bits per heavy atom. The number of imidazole rings is 1. The fraction of sp³-hybridized carbons (Fsp3) is 0.579. The Morgan fingerprint density at radius 1 is 1.25 bits per heavy atom. The fourth-order valence-electron chi connectivity index (χ4n) is 4.26. The molecule has 0 unspecified atom stereocenters. The van der Waals surface area contributed by atoms with E-state index in [0.29, 0.717) is 5.91 Å². The summed E-state index contributed by atoms with van der Waals surface area (Å²) in [5.41, 5.74) is 2.02. The minimum absolute atomic E-state index is 0.0906. The number of methoxy groups -OCH3 is 1. The van der Waals surface area contributed by atoms with Crippen LogP contribution in [0.1, 0.15) is 50.4 Å². The first-order valence-electron chi connectivity index (χ1n) is 9.04. The molecule has 5 heteroatoms. The monoisotopic (exact) mass is 327 g/mol. The van der Waals surface area contributed by atoms with Crippen LogP contribution in [0.3, 0.4) is 0 Å². The van der Waals surface area contributed by atoms with Crippen LogP contribution in [0.2, 0.25) is 0 Å². The summed E-state index contributed by atoms with van der Waals surface area (Å²) in [6.07, 6.45) is 6.28. The Morgan fingerprint density at radius 2 is 2.12 bits per heavy atom. The molecule has 1 saturated heterocycles. The van der Waals surface area contributed by atoms with E-state index in [9.17, 15) is 4.79 Å². The predicted molar refractivity (Wildman–Crippen MR) is 92.5 cm³/mol. The number of carbonyl (C=O) groups is 1. The van der Waals surface area contributed by atoms with E-state index in [1.54, 1.807) is 7.11 Å². The maximum atomic E-state index is 13.1. The quantitative estimate of drug-likeness (QED) is 0.939. The molecule has 5 nitrogen and oxygen atoms in total. The van der Waals surface area contributed by atoms with Crippen molar-refractivity contribution in [2.24, 2.45) is 5.92 Å². The van der Waals surface area contributed by atoms with E-state index in [2.05, 4.69) is 9.88 Å². The number of carbonyl (C=O) groups excluding carboxylic acids is 1. The SMILES string of the molecule is CO[C@@H]1CCC[C@H](C(=O)N2CCC[C@@H]2c2nc3ccccc3[nH]2)C1. The van der Waals surface area contributed by atoms with Gasteiger partial charge in [-0.05, 0) is 44.2 Å². The van der Waals surface area contributed by atoms with Crippen LogP contribution in [0.25, 0.3) is 11.0 Å². The lowest BCUT2D eigenvalue weighted by molar-refractivity contribution is -0.139. The summed E-state index contributed by atoms with van der Waals surface area (Å²) >= 11 is 0. The second-order valence-corrected chi connectivity index (χ2v) is 7.05. The molecule has 2 heterocycles. The smallest absolute Gasteiger partial charge is 0.226 e. The van der Waals surface area contributed by atoms with Crippen molar-refractivity contribution >= 4 is 16.9 Å². The number of fused-ring (bicyclic) bond motifs is 1. The zero-order valence-electron chi connectivity index (χ0n) is 14.2. The molecule has 0 radical (unpaired) electrons. The number of benzene rings is 1. The minimum Gasteiger partial charge on any atom is -0.381 e. The molecule has 1 amide bonds. The molecule has 1 aromatic carbocycles. The topological polar surface area (TPSA) is 58.2 Å². The van der Waals surface area contributed by atoms with Gasteiger partial charge in [0.1, 0.15) is 5.82 Å². The minimum atomic E-state index is 0.0906. The number of para-hydroxylation sites is 2. The van der Waals surface area contributed by atoms with Crippen molar-refractivity contribution in [3.05, 3.63) is 30.1 Å². The van der Waals surface area contributed by atoms with Gasteiger partial charge in [0, 0.05) is 19.6 Å². The van der Waals surface area contributed by atoms with Crippen molar-refractivity contribution < 1.29 is 9.53 Å². The van der Waals surface area contributed by atoms with E-state index >= 15 is 0 Å². The van der Waals surface area contributed by atoms with Crippen LogP contribution in [0.4, 0.5) is 0 Å². The second kappa shape index (κ2) is 6.55. The van der Waals surface area contributed by atoms with E-state index in [1.807, 2.05) is 24.3 Å². The molecule has 2 aromatic rings. The number of aromatic nitrogens is 2. The van der Waals surface area contributed by atoms with E-state index in [4.69, 9.17) is 9.72 Å². The zero-order valence-corrected chi connectivity index (χ0v) is 14.2. The normalized spacial score (nSPS) is 27.7. The zero-order chi connectivity index (χ0) is 16.5. The van der Waals surface area contributed by atoms with Crippen LogP contribution in [-0.2, 0) is 9.53 Å². The highest BCUT2D eigenvalue weighted by molar-refractivity contribution is 5.80. The highest BCUT2D eigenvalue weighted by Crippen LogP contribution is 2.35. The van der Waals surface area contributed by atoms with Crippen molar-refractivity contribution in [2.45, 2.75) is 50.7 Å². The van der Waals surface area contributed by atoms with Crippen molar-refractivity contribution in [1.82, 2.24) is 14.9 Å². The van der Waals surface area contributed by atoms with Gasteiger partial charge < -0.3 is 14.6 Å². The lowest BCUT2D eigenvalue weighted by Gasteiger charge is -2.32. The highest BCUT2D eigenvalue weighted by Gasteiger charge is 2.37. The van der Waals surface area contributed by atoms with Crippen LogP contribution >= 0.6 is 0 Å². The Kier molecular flexibility index (Phi) is 4.27. The standard InChI is InChI=1S/C19H25N3O2/c1-24-14-7-4-6-13(12-14)19(23)22-11-5-10-17(22)18-20-15-8-2-3-9-16(15)21-18/h2-3,8-9,13-14,17H,4-7,10-12H2,1H3,(H,20,21)/t13-,14+,17+/m0/s1. The third-order valence-electron chi connectivity index (χ3n) is 5.57. The number of hydrogen-bond acceptors (Lipinski definition) is 3. The number of hydrogen-bond donors (Lipinski definition) is 1. The van der Waals surface area contributed by atoms with E-state index < -0.39 is 0 Å². The first-order chi connectivity index (χ1) is 11.8. The average molecular weight is 327 g/mol. The Labute approximate surface area is 142 Å². The van der Waals surface area contributed by atoms with Gasteiger partial charge in [-0.25, -0.2) is 4.98 Å². The maximum Gasteiger partial charge on any atom is 0.226 e. The average Bonchev–Trinajstić information content (AvgIpc) is 3.27. The van der Waals surface area contributed by atoms with Crippen LogP contribution in [0.5, 0.6) is 0 Å². The number of ether oxygens (including phenoxy) is 1. The van der Waals surface area contributed by atoms with Gasteiger partial charge in [-0.15, -0.1) is 0 Å². The third kappa shape index (κ3) is 2.81. The van der Waals surface area contributed by atoms with Gasteiger partial charge in [0.15, 0.2) is 0 Å². The number of nitrogens with zero attached hydrogens (tertiary/aromatic N) is 2. The number of H-pyrrole nitrogens is 1. The summed E-state index contributed by atoms with van der Waals surface area (Å²) in [7, 11) is 1.75. The summed E-state index contributed by atoms with van der Waals surface area (Å²) in [5, 5.41) is 0. The molecule has 24 heavy (non-hydrogen) atoms. The molecule has 2 fully saturated rings. The molecule has 3 atom stereocenters. The molecular weight excluding hydrogens is 302 g/mol. The molecule has 2 aliphatic rings. The lowest BCUT2D eigenvalue weighted by Crippen LogP contribution is -2.39. The molecule has 128 valence electrons. The van der Waals surface area contributed by atoms with Gasteiger partial charge in [-0.1, -0.05) is 18.6 Å². The van der Waals surface area contributed by atoms with Crippen LogP contribution < -0.4 is 0 Å². The van der Waals surface area contributed by atoms with Gasteiger partial charge in [0.05, 0.1) is 23.2 Å². The first kappa shape index (κ1) is 15.6. The van der Waals surface area contributed by atoms with Crippen LogP contribution in [0.15, 0.2) is 24.3 Å². The van der Waals surface area contributed by atoms with Crippen LogP contribution in [0, 0.1) is 5.92 Å². The van der Waals surface area contributed by atoms with E-state index in [-0.39, 0.29) is 18.1 Å². The Bertz CT molecular complexity index is 693. The number of amides is 1. The molecule has 1 saturated carbocycles. The third-order valence-corrected chi connectivity index (χ3v) is 5.57. The molecule has 1 aliphatic carbocycles. The van der Waals surface area contributed by atoms with Crippen molar-refractivity contribution in [3.63, 3.8) is 0 Å². The summed E-state index contributed by atoms with van der Waals surface area (Å²) in [5.74, 6) is 1.33. The summed E-state index contributed by atoms with van der Waals surface area (Å²) in [6.45, 7) is 0.842. The molecular formula is C19H25N3O2. The van der Waals surface area contributed by atoms with Gasteiger partial charge >= 0.3 is 0 Å². The summed E-state index contributed by atoms with van der Waals surface area (Å²) in [4.78, 5) is 23.3. The van der Waals surface area contributed by atoms with E-state index in [1.165, 1.54) is 0 Å². The molecule has 1 aliphatic heterocycles. The molecule has 0 spiro atoms. The summed E-state index contributed by atoms with van der Waals surface area (Å²) in [6, 6.07) is 8.15. The van der Waals surface area contributed by atoms with E-state index in [0.717, 1.165) is 61.9 Å². The summed E-state index contributed by atoms with van der Waals surface area (Å²) < 4.78 is 5.50. The predicted octanol–water partition coefficient (Wildman–Crippen LogP) is 3.43. The van der Waals surface area contributed by atoms with Crippen molar-refractivity contribution in [3.8, 4) is 0 Å². The number of likely N-dealkylation sites (tertiary alicyclic amines) is 1. The second-order valence-electron chi connectivity index (χ2n) is 7.05. The Hall–Kier alpha value is -1.88. The van der Waals surface area contributed by atoms with Crippen LogP contribution in [-0.4, -0.2) is 40.5 Å². The molecule has 4 rings (SSSR count). The molecule has 0 bridgehead atoms. The molecule has 1 aromatic heterocycles. The van der Waals surface area contributed by atoms with Crippen molar-refractivity contribution in [2.75, 3.05) is 13.7 Å². The van der Waals surface area contributed by atoms with Gasteiger partial charge in [-0.2, -0.15) is 0 Å².